The molecule has 2 aliphatic rings. The monoisotopic (exact) mass is 345 g/mol. The van der Waals surface area contributed by atoms with Gasteiger partial charge in [0.15, 0.2) is 0 Å². The maximum atomic E-state index is 6.07. The topological polar surface area (TPSA) is 31.6 Å². The van der Waals surface area contributed by atoms with Crippen LogP contribution in [0.1, 0.15) is 12.2 Å². The molecule has 0 amide bonds. The van der Waals surface area contributed by atoms with Gasteiger partial charge < -0.3 is 9.73 Å². The Kier molecular flexibility index (Phi) is 4.90. The molecule has 1 aromatic heterocycles. The molecule has 0 unspecified atom stereocenters. The fraction of sp³-hybridized carbons (Fsp3) is 0.474. The molecule has 1 atom stereocenters. The second kappa shape index (κ2) is 7.28. The van der Waals surface area contributed by atoms with Gasteiger partial charge in [-0.05, 0) is 37.2 Å². The Morgan fingerprint density at radius 1 is 1.12 bits per heavy atom. The summed E-state index contributed by atoms with van der Waals surface area (Å²) in [7, 11) is 0. The van der Waals surface area contributed by atoms with E-state index in [0.29, 0.717) is 0 Å². The molecule has 0 radical (unpaired) electrons. The van der Waals surface area contributed by atoms with Gasteiger partial charge in [0.25, 0.3) is 0 Å². The average Bonchev–Trinajstić information content (AvgIpc) is 3.27. The Morgan fingerprint density at radius 3 is 2.75 bits per heavy atom. The Hall–Kier alpha value is -1.33. The number of nitrogens with zero attached hydrogens (tertiary/aromatic N) is 2. The summed E-state index contributed by atoms with van der Waals surface area (Å²) in [5.41, 5.74) is 1.03. The molecule has 4 nitrogen and oxygen atoms in total. The number of rotatable bonds is 4. The van der Waals surface area contributed by atoms with Crippen molar-refractivity contribution in [3.8, 4) is 11.3 Å². The first kappa shape index (κ1) is 16.2. The molecule has 2 aromatic rings. The van der Waals surface area contributed by atoms with E-state index in [2.05, 4.69) is 21.2 Å². The van der Waals surface area contributed by atoms with Crippen molar-refractivity contribution in [1.82, 2.24) is 15.1 Å². The van der Waals surface area contributed by atoms with Crippen molar-refractivity contribution in [1.29, 1.82) is 0 Å². The molecule has 5 heteroatoms. The number of piperazine rings is 1. The molecule has 0 saturated carbocycles. The van der Waals surface area contributed by atoms with Crippen LogP contribution in [0.25, 0.3) is 11.3 Å². The summed E-state index contributed by atoms with van der Waals surface area (Å²) < 4.78 is 6.03. The average molecular weight is 346 g/mol. The van der Waals surface area contributed by atoms with Crippen molar-refractivity contribution in [3.05, 3.63) is 47.2 Å². The van der Waals surface area contributed by atoms with E-state index in [0.717, 1.165) is 67.4 Å². The largest absolute Gasteiger partial charge is 0.460 e. The third-order valence-corrected chi connectivity index (χ3v) is 5.34. The van der Waals surface area contributed by atoms with E-state index in [4.69, 9.17) is 16.0 Å². The fourth-order valence-corrected chi connectivity index (χ4v) is 3.91. The normalized spacial score (nSPS) is 23.0. The molecule has 128 valence electrons. The molecule has 1 N–H and O–H groups in total. The summed E-state index contributed by atoms with van der Waals surface area (Å²) in [5.74, 6) is 1.92. The fourth-order valence-electron chi connectivity index (χ4n) is 3.72. The molecular weight excluding hydrogens is 322 g/mol. The molecule has 0 aliphatic carbocycles. The van der Waals surface area contributed by atoms with Crippen LogP contribution in [-0.4, -0.2) is 55.1 Å². The summed E-state index contributed by atoms with van der Waals surface area (Å²) in [6, 6.07) is 12.7. The van der Waals surface area contributed by atoms with Crippen LogP contribution in [0, 0.1) is 0 Å². The van der Waals surface area contributed by atoms with Gasteiger partial charge in [-0.1, -0.05) is 23.7 Å². The Labute approximate surface area is 148 Å². The maximum Gasteiger partial charge on any atom is 0.134 e. The van der Waals surface area contributed by atoms with Crippen molar-refractivity contribution < 1.29 is 4.42 Å². The Morgan fingerprint density at radius 2 is 2.00 bits per heavy atom. The zero-order valence-electron chi connectivity index (χ0n) is 13.9. The minimum Gasteiger partial charge on any atom is -0.460 e. The molecule has 3 heterocycles. The lowest BCUT2D eigenvalue weighted by atomic mass is 10.2. The minimum atomic E-state index is 0.739. The van der Waals surface area contributed by atoms with E-state index in [-0.39, 0.29) is 0 Å². The molecule has 24 heavy (non-hydrogen) atoms. The van der Waals surface area contributed by atoms with Gasteiger partial charge >= 0.3 is 0 Å². The van der Waals surface area contributed by atoms with Crippen molar-refractivity contribution in [2.24, 2.45) is 0 Å². The van der Waals surface area contributed by atoms with E-state index >= 15 is 0 Å². The first-order chi connectivity index (χ1) is 11.8. The second-order valence-electron chi connectivity index (χ2n) is 6.74. The van der Waals surface area contributed by atoms with Crippen molar-refractivity contribution in [2.45, 2.75) is 19.0 Å². The minimum absolute atomic E-state index is 0.739. The number of hydrogen-bond donors (Lipinski definition) is 1. The number of furan rings is 1. The highest BCUT2D eigenvalue weighted by atomic mass is 35.5. The number of nitrogens with one attached hydrogen (secondary N) is 1. The van der Waals surface area contributed by atoms with Gasteiger partial charge in [-0.25, -0.2) is 0 Å². The summed E-state index contributed by atoms with van der Waals surface area (Å²) in [4.78, 5) is 5.12. The predicted molar refractivity (Wildman–Crippen MR) is 97.3 cm³/mol. The maximum absolute atomic E-state index is 6.07. The first-order valence-electron chi connectivity index (χ1n) is 8.80. The Balaban J connectivity index is 1.33. The number of halogens is 1. The third-order valence-electron chi connectivity index (χ3n) is 5.11. The first-order valence-corrected chi connectivity index (χ1v) is 9.17. The van der Waals surface area contributed by atoms with Crippen molar-refractivity contribution in [2.75, 3.05) is 39.3 Å². The zero-order valence-corrected chi connectivity index (χ0v) is 14.6. The molecule has 0 spiro atoms. The Bertz CT molecular complexity index is 673. The standard InChI is InChI=1S/C19H24ClN3O/c20-16-3-1-2-15(12-16)19-5-4-18(24-19)14-22-8-10-23(11-9-22)17-6-7-21-13-17/h1-5,12,17,21H,6-11,13-14H2/t17-/m0/s1. The highest BCUT2D eigenvalue weighted by Crippen LogP contribution is 2.25. The highest BCUT2D eigenvalue weighted by molar-refractivity contribution is 6.30. The summed E-state index contributed by atoms with van der Waals surface area (Å²) in [6.45, 7) is 7.76. The summed E-state index contributed by atoms with van der Waals surface area (Å²) in [5, 5.41) is 4.20. The van der Waals surface area contributed by atoms with Crippen LogP contribution in [0.5, 0.6) is 0 Å². The van der Waals surface area contributed by atoms with Crippen LogP contribution in [0.3, 0.4) is 0 Å². The number of hydrogen-bond acceptors (Lipinski definition) is 4. The van der Waals surface area contributed by atoms with Crippen LogP contribution >= 0.6 is 11.6 Å². The summed E-state index contributed by atoms with van der Waals surface area (Å²) in [6.07, 6.45) is 1.29. The molecule has 2 saturated heterocycles. The summed E-state index contributed by atoms with van der Waals surface area (Å²) >= 11 is 6.07. The predicted octanol–water partition coefficient (Wildman–Crippen LogP) is 3.08. The molecule has 2 aliphatic heterocycles. The van der Waals surface area contributed by atoms with Crippen LogP contribution in [0.15, 0.2) is 40.8 Å². The molecule has 0 bridgehead atoms. The lowest BCUT2D eigenvalue weighted by molar-refractivity contribution is 0.0938. The molecular formula is C19H24ClN3O. The van der Waals surface area contributed by atoms with Crippen LogP contribution in [0.2, 0.25) is 5.02 Å². The van der Waals surface area contributed by atoms with Crippen molar-refractivity contribution >= 4 is 11.6 Å². The van der Waals surface area contributed by atoms with E-state index in [1.807, 2.05) is 30.3 Å². The van der Waals surface area contributed by atoms with Gasteiger partial charge in [0.1, 0.15) is 11.5 Å². The van der Waals surface area contributed by atoms with Crippen molar-refractivity contribution in [3.63, 3.8) is 0 Å². The molecule has 1 aromatic carbocycles. The smallest absolute Gasteiger partial charge is 0.134 e. The van der Waals surface area contributed by atoms with Gasteiger partial charge in [0, 0.05) is 49.4 Å². The second-order valence-corrected chi connectivity index (χ2v) is 7.17. The van der Waals surface area contributed by atoms with E-state index in [9.17, 15) is 0 Å². The van der Waals surface area contributed by atoms with Gasteiger partial charge in [-0.3, -0.25) is 9.80 Å². The van der Waals surface area contributed by atoms with Gasteiger partial charge in [-0.15, -0.1) is 0 Å². The molecule has 4 rings (SSSR count). The SMILES string of the molecule is Clc1cccc(-c2ccc(CN3CCN([C@H]4CCNC4)CC3)o2)c1. The molecule has 2 fully saturated rings. The zero-order chi connectivity index (χ0) is 16.4. The number of benzene rings is 1. The van der Waals surface area contributed by atoms with E-state index < -0.39 is 0 Å². The van der Waals surface area contributed by atoms with Gasteiger partial charge in [-0.2, -0.15) is 0 Å². The quantitative estimate of drug-likeness (QED) is 0.922. The van der Waals surface area contributed by atoms with Crippen LogP contribution in [0.4, 0.5) is 0 Å². The lowest BCUT2D eigenvalue weighted by Crippen LogP contribution is -2.50. The highest BCUT2D eigenvalue weighted by Gasteiger charge is 2.26. The van der Waals surface area contributed by atoms with Crippen LogP contribution in [-0.2, 0) is 6.54 Å². The van der Waals surface area contributed by atoms with E-state index in [1.165, 1.54) is 13.0 Å². The lowest BCUT2D eigenvalue weighted by Gasteiger charge is -2.37. The third kappa shape index (κ3) is 3.67. The van der Waals surface area contributed by atoms with Gasteiger partial charge in [0.05, 0.1) is 6.54 Å². The van der Waals surface area contributed by atoms with E-state index in [1.54, 1.807) is 0 Å². The van der Waals surface area contributed by atoms with Gasteiger partial charge in [0.2, 0.25) is 0 Å². The van der Waals surface area contributed by atoms with Crippen LogP contribution < -0.4 is 5.32 Å².